The Kier molecular flexibility index (Phi) is 7.71. The van der Waals surface area contributed by atoms with Gasteiger partial charge in [-0.15, -0.1) is 0 Å². The van der Waals surface area contributed by atoms with Crippen molar-refractivity contribution in [2.24, 2.45) is 0 Å². The lowest BCUT2D eigenvalue weighted by molar-refractivity contribution is -0.148. The van der Waals surface area contributed by atoms with Crippen LogP contribution in [0.25, 0.3) is 11.1 Å². The zero-order chi connectivity index (χ0) is 26.5. The fourth-order valence-electron chi connectivity index (χ4n) is 4.49. The fraction of sp³-hybridized carbons (Fsp3) is 0.233. The van der Waals surface area contributed by atoms with E-state index in [1.165, 1.54) is 12.1 Å². The van der Waals surface area contributed by atoms with Crippen molar-refractivity contribution in [3.63, 3.8) is 0 Å². The molecule has 0 unspecified atom stereocenters. The minimum atomic E-state index is -4.35. The summed E-state index contributed by atoms with van der Waals surface area (Å²) in [4.78, 5) is 12.3. The monoisotopic (exact) mass is 507 g/mol. The first-order valence-electron chi connectivity index (χ1n) is 12.1. The SMILES string of the molecule is CCC[C@@](Cc1ccc(OCc2ccc(-c3ccc(C(F)(F)F)cc3)cc2)cc1)(C(=O)O)n1cccc1. The third kappa shape index (κ3) is 6.05. The maximum atomic E-state index is 12.8. The molecule has 1 N–H and O–H groups in total. The van der Waals surface area contributed by atoms with Crippen LogP contribution in [-0.2, 0) is 29.5 Å². The Bertz CT molecular complexity index is 1300. The highest BCUT2D eigenvalue weighted by Gasteiger charge is 2.39. The van der Waals surface area contributed by atoms with E-state index in [0.717, 1.165) is 35.2 Å². The molecule has 4 aromatic rings. The molecule has 0 saturated heterocycles. The summed E-state index contributed by atoms with van der Waals surface area (Å²) in [5.74, 6) is -0.196. The molecule has 0 aliphatic rings. The summed E-state index contributed by atoms with van der Waals surface area (Å²) in [6.07, 6.45) is 0.848. The number of carbonyl (C=O) groups is 1. The predicted molar refractivity (Wildman–Crippen MR) is 136 cm³/mol. The van der Waals surface area contributed by atoms with E-state index >= 15 is 0 Å². The van der Waals surface area contributed by atoms with Crippen molar-refractivity contribution in [2.75, 3.05) is 0 Å². The number of carboxylic acid groups (broad SMARTS) is 1. The maximum absolute atomic E-state index is 12.8. The summed E-state index contributed by atoms with van der Waals surface area (Å²) < 4.78 is 46.0. The van der Waals surface area contributed by atoms with Gasteiger partial charge in [0.2, 0.25) is 0 Å². The Labute approximate surface area is 214 Å². The molecule has 4 nitrogen and oxygen atoms in total. The summed E-state index contributed by atoms with van der Waals surface area (Å²) in [6.45, 7) is 2.30. The highest BCUT2D eigenvalue weighted by Crippen LogP contribution is 2.32. The van der Waals surface area contributed by atoms with Gasteiger partial charge in [0.1, 0.15) is 17.9 Å². The van der Waals surface area contributed by atoms with Crippen molar-refractivity contribution in [2.45, 2.75) is 44.5 Å². The number of hydrogen-bond donors (Lipinski definition) is 1. The molecule has 1 atom stereocenters. The number of hydrogen-bond acceptors (Lipinski definition) is 2. The number of benzene rings is 3. The van der Waals surface area contributed by atoms with E-state index in [-0.39, 0.29) is 0 Å². The van der Waals surface area contributed by atoms with E-state index in [1.807, 2.05) is 67.6 Å². The molecule has 3 aromatic carbocycles. The summed E-state index contributed by atoms with van der Waals surface area (Å²) >= 11 is 0. The maximum Gasteiger partial charge on any atom is 0.416 e. The van der Waals surface area contributed by atoms with E-state index in [4.69, 9.17) is 4.74 Å². The van der Waals surface area contributed by atoms with Gasteiger partial charge < -0.3 is 14.4 Å². The van der Waals surface area contributed by atoms with E-state index in [1.54, 1.807) is 17.0 Å². The van der Waals surface area contributed by atoms with Crippen LogP contribution in [0, 0.1) is 0 Å². The van der Waals surface area contributed by atoms with Gasteiger partial charge in [0.05, 0.1) is 5.56 Å². The van der Waals surface area contributed by atoms with Crippen LogP contribution in [0.3, 0.4) is 0 Å². The second-order valence-corrected chi connectivity index (χ2v) is 9.06. The van der Waals surface area contributed by atoms with Gasteiger partial charge in [-0.3, -0.25) is 0 Å². The Morgan fingerprint density at radius 3 is 1.89 bits per heavy atom. The van der Waals surface area contributed by atoms with Crippen LogP contribution in [0.4, 0.5) is 13.2 Å². The highest BCUT2D eigenvalue weighted by atomic mass is 19.4. The molecule has 0 aliphatic carbocycles. The lowest BCUT2D eigenvalue weighted by Crippen LogP contribution is -2.43. The summed E-state index contributed by atoms with van der Waals surface area (Å²) in [7, 11) is 0. The van der Waals surface area contributed by atoms with Gasteiger partial charge >= 0.3 is 12.1 Å². The van der Waals surface area contributed by atoms with Crippen LogP contribution >= 0.6 is 0 Å². The molecule has 0 radical (unpaired) electrons. The summed E-state index contributed by atoms with van der Waals surface area (Å²) in [5, 5.41) is 10.1. The number of halogens is 3. The van der Waals surface area contributed by atoms with Crippen molar-refractivity contribution in [3.05, 3.63) is 114 Å². The van der Waals surface area contributed by atoms with Crippen LogP contribution in [-0.4, -0.2) is 15.6 Å². The second kappa shape index (κ2) is 10.9. The summed E-state index contributed by atoms with van der Waals surface area (Å²) in [5.41, 5.74) is 1.62. The number of carboxylic acids is 1. The minimum Gasteiger partial charge on any atom is -0.489 e. The van der Waals surface area contributed by atoms with E-state index in [2.05, 4.69) is 0 Å². The quantitative estimate of drug-likeness (QED) is 0.241. The molecule has 0 saturated carbocycles. The van der Waals surface area contributed by atoms with Crippen LogP contribution in [0.5, 0.6) is 5.75 Å². The van der Waals surface area contributed by atoms with Gasteiger partial charge in [-0.05, 0) is 65.1 Å². The van der Waals surface area contributed by atoms with Crippen molar-refractivity contribution in [1.82, 2.24) is 4.57 Å². The average Bonchev–Trinajstić information content (AvgIpc) is 3.43. The third-order valence-corrected chi connectivity index (χ3v) is 6.49. The number of alkyl halides is 3. The fourth-order valence-corrected chi connectivity index (χ4v) is 4.49. The molecule has 37 heavy (non-hydrogen) atoms. The largest absolute Gasteiger partial charge is 0.489 e. The van der Waals surface area contributed by atoms with Crippen molar-refractivity contribution in [3.8, 4) is 16.9 Å². The number of aromatic nitrogens is 1. The van der Waals surface area contributed by atoms with Crippen molar-refractivity contribution >= 4 is 5.97 Å². The van der Waals surface area contributed by atoms with Crippen LogP contribution in [0.2, 0.25) is 0 Å². The Morgan fingerprint density at radius 2 is 1.38 bits per heavy atom. The normalized spacial score (nSPS) is 13.2. The molecule has 1 heterocycles. The van der Waals surface area contributed by atoms with Gasteiger partial charge in [0, 0.05) is 18.8 Å². The first-order valence-corrected chi connectivity index (χ1v) is 12.1. The van der Waals surface area contributed by atoms with Crippen LogP contribution < -0.4 is 4.74 Å². The van der Waals surface area contributed by atoms with Gasteiger partial charge in [-0.25, -0.2) is 4.79 Å². The standard InChI is InChI=1S/C30H28F3NO3/c1-2-17-29(28(35)36,34-18-3-4-19-34)20-22-7-15-27(16-8-22)37-21-23-5-9-24(10-6-23)25-11-13-26(14-12-25)30(31,32)33/h3-16,18-19H,2,17,20-21H2,1H3,(H,35,36)/t29-/m1/s1. The van der Waals surface area contributed by atoms with Crippen LogP contribution in [0.15, 0.2) is 97.3 Å². The van der Waals surface area contributed by atoms with E-state index in [0.29, 0.717) is 30.8 Å². The smallest absolute Gasteiger partial charge is 0.416 e. The van der Waals surface area contributed by atoms with Crippen LogP contribution in [0.1, 0.15) is 36.5 Å². The molecule has 7 heteroatoms. The van der Waals surface area contributed by atoms with E-state index in [9.17, 15) is 23.1 Å². The Balaban J connectivity index is 1.39. The molecule has 4 rings (SSSR count). The zero-order valence-electron chi connectivity index (χ0n) is 20.4. The molecule has 0 fully saturated rings. The minimum absolute atomic E-state index is 0.324. The lowest BCUT2D eigenvalue weighted by Gasteiger charge is -2.31. The van der Waals surface area contributed by atoms with Gasteiger partial charge in [0.15, 0.2) is 0 Å². The first-order chi connectivity index (χ1) is 17.7. The van der Waals surface area contributed by atoms with Crippen molar-refractivity contribution in [1.29, 1.82) is 0 Å². The molecule has 0 spiro atoms. The topological polar surface area (TPSA) is 51.5 Å². The Hall–Kier alpha value is -4.00. The highest BCUT2D eigenvalue weighted by molar-refractivity contribution is 5.77. The molecule has 0 bridgehead atoms. The number of rotatable bonds is 10. The first kappa shape index (κ1) is 26.1. The molecular formula is C30H28F3NO3. The Morgan fingerprint density at radius 1 is 0.838 bits per heavy atom. The third-order valence-electron chi connectivity index (χ3n) is 6.49. The second-order valence-electron chi connectivity index (χ2n) is 9.06. The molecule has 0 aliphatic heterocycles. The molecule has 0 amide bonds. The lowest BCUT2D eigenvalue weighted by atomic mass is 9.86. The van der Waals surface area contributed by atoms with E-state index < -0.39 is 23.2 Å². The van der Waals surface area contributed by atoms with Crippen molar-refractivity contribution < 1.29 is 27.8 Å². The summed E-state index contributed by atoms with van der Waals surface area (Å²) in [6, 6.07) is 23.7. The van der Waals surface area contributed by atoms with Gasteiger partial charge in [0.25, 0.3) is 0 Å². The number of aliphatic carboxylic acids is 1. The molecule has 1 aromatic heterocycles. The average molecular weight is 508 g/mol. The zero-order valence-corrected chi connectivity index (χ0v) is 20.4. The number of ether oxygens (including phenoxy) is 1. The number of nitrogens with zero attached hydrogens (tertiary/aromatic N) is 1. The predicted octanol–water partition coefficient (Wildman–Crippen LogP) is 7.58. The van der Waals surface area contributed by atoms with Gasteiger partial charge in [-0.2, -0.15) is 13.2 Å². The molecular weight excluding hydrogens is 479 g/mol. The van der Waals surface area contributed by atoms with Gasteiger partial charge in [-0.1, -0.05) is 61.9 Å². The molecule has 192 valence electrons.